The van der Waals surface area contributed by atoms with Crippen LogP contribution in [0.1, 0.15) is 18.3 Å². The standard InChI is InChI=1S/C10H18BrN3O/c1-3-8-10(11)9(14(2)13-8)4-7(5-12)6-15/h7,15H,3-6,12H2,1-2H3. The summed E-state index contributed by atoms with van der Waals surface area (Å²) in [5, 5.41) is 13.5. The highest BCUT2D eigenvalue weighted by Gasteiger charge is 2.16. The smallest absolute Gasteiger partial charge is 0.0766 e. The lowest BCUT2D eigenvalue weighted by Gasteiger charge is -2.11. The number of nitrogens with two attached hydrogens (primary N) is 1. The zero-order valence-electron chi connectivity index (χ0n) is 9.20. The maximum absolute atomic E-state index is 9.11. The summed E-state index contributed by atoms with van der Waals surface area (Å²) in [5.41, 5.74) is 7.73. The highest BCUT2D eigenvalue weighted by Crippen LogP contribution is 2.23. The van der Waals surface area contributed by atoms with Crippen LogP contribution in [0.5, 0.6) is 0 Å². The van der Waals surface area contributed by atoms with Crippen LogP contribution in [0, 0.1) is 5.92 Å². The molecule has 0 aliphatic carbocycles. The van der Waals surface area contributed by atoms with E-state index in [-0.39, 0.29) is 12.5 Å². The van der Waals surface area contributed by atoms with Crippen LogP contribution >= 0.6 is 15.9 Å². The third-order valence-corrected chi connectivity index (χ3v) is 3.49. The summed E-state index contributed by atoms with van der Waals surface area (Å²) < 4.78 is 2.92. The van der Waals surface area contributed by atoms with Crippen molar-refractivity contribution in [1.29, 1.82) is 0 Å². The molecule has 0 spiro atoms. The van der Waals surface area contributed by atoms with Crippen molar-refractivity contribution in [3.8, 4) is 0 Å². The zero-order valence-corrected chi connectivity index (χ0v) is 10.8. The van der Waals surface area contributed by atoms with Gasteiger partial charge in [0.05, 0.1) is 15.9 Å². The molecule has 1 heterocycles. The van der Waals surface area contributed by atoms with Crippen molar-refractivity contribution < 1.29 is 5.11 Å². The van der Waals surface area contributed by atoms with Crippen LogP contribution in [0.25, 0.3) is 0 Å². The predicted octanol–water partition coefficient (Wildman–Crippen LogP) is 0.855. The number of nitrogens with zero attached hydrogens (tertiary/aromatic N) is 2. The molecule has 0 saturated carbocycles. The maximum Gasteiger partial charge on any atom is 0.0766 e. The minimum absolute atomic E-state index is 0.112. The number of hydrogen-bond donors (Lipinski definition) is 2. The van der Waals surface area contributed by atoms with E-state index in [9.17, 15) is 0 Å². The Hall–Kier alpha value is -0.390. The lowest BCUT2D eigenvalue weighted by atomic mass is 10.0. The fourth-order valence-electron chi connectivity index (χ4n) is 1.54. The fraction of sp³-hybridized carbons (Fsp3) is 0.700. The number of aromatic nitrogens is 2. The summed E-state index contributed by atoms with van der Waals surface area (Å²) in [5.74, 6) is 0.112. The largest absolute Gasteiger partial charge is 0.396 e. The van der Waals surface area contributed by atoms with Gasteiger partial charge in [-0.05, 0) is 41.2 Å². The van der Waals surface area contributed by atoms with Crippen molar-refractivity contribution in [2.45, 2.75) is 19.8 Å². The lowest BCUT2D eigenvalue weighted by molar-refractivity contribution is 0.228. The Morgan fingerprint density at radius 1 is 1.60 bits per heavy atom. The second kappa shape index (κ2) is 5.63. The van der Waals surface area contributed by atoms with Crippen molar-refractivity contribution in [1.82, 2.24) is 9.78 Å². The molecule has 0 aromatic carbocycles. The first-order chi connectivity index (χ1) is 7.13. The molecule has 15 heavy (non-hydrogen) atoms. The normalized spacial score (nSPS) is 13.1. The molecule has 1 atom stereocenters. The average molecular weight is 276 g/mol. The van der Waals surface area contributed by atoms with Gasteiger partial charge in [-0.25, -0.2) is 0 Å². The summed E-state index contributed by atoms with van der Waals surface area (Å²) in [4.78, 5) is 0. The Labute approximate surface area is 98.6 Å². The first-order valence-electron chi connectivity index (χ1n) is 5.15. The number of hydrogen-bond acceptors (Lipinski definition) is 3. The minimum atomic E-state index is 0.112. The van der Waals surface area contributed by atoms with Gasteiger partial charge in [-0.1, -0.05) is 6.92 Å². The van der Waals surface area contributed by atoms with E-state index < -0.39 is 0 Å². The van der Waals surface area contributed by atoms with Gasteiger partial charge >= 0.3 is 0 Å². The van der Waals surface area contributed by atoms with E-state index in [0.29, 0.717) is 6.54 Å². The van der Waals surface area contributed by atoms with Gasteiger partial charge in [0.25, 0.3) is 0 Å². The van der Waals surface area contributed by atoms with Gasteiger partial charge in [0.15, 0.2) is 0 Å². The van der Waals surface area contributed by atoms with Crippen LogP contribution in [0.3, 0.4) is 0 Å². The van der Waals surface area contributed by atoms with Crippen LogP contribution in [-0.2, 0) is 19.9 Å². The van der Waals surface area contributed by atoms with Gasteiger partial charge in [-0.2, -0.15) is 5.10 Å². The van der Waals surface area contributed by atoms with Gasteiger partial charge in [-0.3, -0.25) is 4.68 Å². The number of aliphatic hydroxyl groups excluding tert-OH is 1. The number of aryl methyl sites for hydroxylation is 2. The Kier molecular flexibility index (Phi) is 4.76. The summed E-state index contributed by atoms with van der Waals surface area (Å²) >= 11 is 3.54. The van der Waals surface area contributed by atoms with Gasteiger partial charge in [-0.15, -0.1) is 0 Å². The molecule has 0 radical (unpaired) electrons. The van der Waals surface area contributed by atoms with E-state index in [1.165, 1.54) is 0 Å². The topological polar surface area (TPSA) is 64.1 Å². The average Bonchev–Trinajstić information content (AvgIpc) is 2.51. The van der Waals surface area contributed by atoms with Gasteiger partial charge in [0, 0.05) is 13.7 Å². The van der Waals surface area contributed by atoms with Crippen LogP contribution < -0.4 is 5.73 Å². The molecule has 0 bridgehead atoms. The molecule has 1 rings (SSSR count). The van der Waals surface area contributed by atoms with E-state index in [0.717, 1.165) is 28.7 Å². The first-order valence-corrected chi connectivity index (χ1v) is 5.94. The van der Waals surface area contributed by atoms with Gasteiger partial charge in [0.1, 0.15) is 0 Å². The van der Waals surface area contributed by atoms with Crippen molar-refractivity contribution in [2.24, 2.45) is 18.7 Å². The molecule has 86 valence electrons. The SMILES string of the molecule is CCc1nn(C)c(CC(CN)CO)c1Br. The van der Waals surface area contributed by atoms with Crippen molar-refractivity contribution in [3.05, 3.63) is 15.9 Å². The molecule has 0 saturated heterocycles. The number of aliphatic hydroxyl groups is 1. The van der Waals surface area contributed by atoms with Crippen molar-refractivity contribution >= 4 is 15.9 Å². The highest BCUT2D eigenvalue weighted by atomic mass is 79.9. The third kappa shape index (κ3) is 2.80. The summed E-state index contributed by atoms with van der Waals surface area (Å²) in [6.07, 6.45) is 1.66. The maximum atomic E-state index is 9.11. The molecule has 5 heteroatoms. The second-order valence-corrected chi connectivity index (χ2v) is 4.47. The van der Waals surface area contributed by atoms with Gasteiger partial charge < -0.3 is 10.8 Å². The lowest BCUT2D eigenvalue weighted by Crippen LogP contribution is -2.21. The van der Waals surface area contributed by atoms with Crippen LogP contribution in [-0.4, -0.2) is 28.0 Å². The van der Waals surface area contributed by atoms with E-state index in [4.69, 9.17) is 10.8 Å². The molecule has 0 aliphatic heterocycles. The highest BCUT2D eigenvalue weighted by molar-refractivity contribution is 9.10. The van der Waals surface area contributed by atoms with Crippen molar-refractivity contribution in [3.63, 3.8) is 0 Å². The Balaban J connectivity index is 2.88. The van der Waals surface area contributed by atoms with E-state index >= 15 is 0 Å². The molecular weight excluding hydrogens is 258 g/mol. The molecular formula is C10H18BrN3O. The monoisotopic (exact) mass is 275 g/mol. The molecule has 3 N–H and O–H groups in total. The number of halogens is 1. The molecule has 1 aromatic heterocycles. The second-order valence-electron chi connectivity index (χ2n) is 3.67. The Bertz CT molecular complexity index is 321. The third-order valence-electron chi connectivity index (χ3n) is 2.58. The van der Waals surface area contributed by atoms with E-state index in [1.54, 1.807) is 0 Å². The Morgan fingerprint density at radius 3 is 2.67 bits per heavy atom. The van der Waals surface area contributed by atoms with E-state index in [1.807, 2.05) is 11.7 Å². The van der Waals surface area contributed by atoms with Crippen LogP contribution in [0.2, 0.25) is 0 Å². The molecule has 1 unspecified atom stereocenters. The molecule has 0 amide bonds. The molecule has 0 aliphatic rings. The Morgan fingerprint density at radius 2 is 2.27 bits per heavy atom. The summed E-state index contributed by atoms with van der Waals surface area (Å²) in [6.45, 7) is 2.69. The zero-order chi connectivity index (χ0) is 11.4. The molecule has 0 fully saturated rings. The summed E-state index contributed by atoms with van der Waals surface area (Å²) in [6, 6.07) is 0. The minimum Gasteiger partial charge on any atom is -0.396 e. The predicted molar refractivity (Wildman–Crippen MR) is 63.6 cm³/mol. The quantitative estimate of drug-likeness (QED) is 0.838. The molecule has 1 aromatic rings. The van der Waals surface area contributed by atoms with Crippen LogP contribution in [0.4, 0.5) is 0 Å². The first kappa shape index (κ1) is 12.7. The summed E-state index contributed by atoms with van der Waals surface area (Å²) in [7, 11) is 1.92. The fourth-order valence-corrected chi connectivity index (χ4v) is 2.32. The van der Waals surface area contributed by atoms with Crippen molar-refractivity contribution in [2.75, 3.05) is 13.2 Å². The van der Waals surface area contributed by atoms with Crippen LogP contribution in [0.15, 0.2) is 4.47 Å². The van der Waals surface area contributed by atoms with Gasteiger partial charge in [0.2, 0.25) is 0 Å². The number of rotatable bonds is 5. The van der Waals surface area contributed by atoms with E-state index in [2.05, 4.69) is 28.0 Å². The molecule has 4 nitrogen and oxygen atoms in total.